The van der Waals surface area contributed by atoms with Gasteiger partial charge in [0.25, 0.3) is 0 Å². The lowest BCUT2D eigenvalue weighted by Crippen LogP contribution is -2.34. The number of benzene rings is 1. The molecule has 0 bridgehead atoms. The van der Waals surface area contributed by atoms with E-state index in [9.17, 15) is 14.7 Å². The molecule has 0 aliphatic carbocycles. The van der Waals surface area contributed by atoms with Crippen LogP contribution in [-0.2, 0) is 16.1 Å². The Bertz CT molecular complexity index is 628. The molecule has 1 aromatic heterocycles. The van der Waals surface area contributed by atoms with Crippen molar-refractivity contribution in [3.8, 4) is 0 Å². The van der Waals surface area contributed by atoms with Crippen LogP contribution in [0.5, 0.6) is 0 Å². The minimum absolute atomic E-state index is 0.135. The quantitative estimate of drug-likeness (QED) is 0.853. The zero-order valence-electron chi connectivity index (χ0n) is 11.1. The van der Waals surface area contributed by atoms with Gasteiger partial charge in [-0.15, -0.1) is 0 Å². The van der Waals surface area contributed by atoms with Crippen LogP contribution in [0.15, 0.2) is 42.7 Å². The maximum atomic E-state index is 11.9. The number of aryl methyl sites for hydroxylation is 1. The fourth-order valence-electron chi connectivity index (χ4n) is 1.86. The zero-order chi connectivity index (χ0) is 15.2. The molecule has 1 aromatic carbocycles. The molecule has 2 aromatic rings. The van der Waals surface area contributed by atoms with Gasteiger partial charge in [-0.2, -0.15) is 5.10 Å². The molecule has 0 fully saturated rings. The van der Waals surface area contributed by atoms with Crippen molar-refractivity contribution in [1.82, 2.24) is 15.1 Å². The molecule has 1 amide bonds. The van der Waals surface area contributed by atoms with Gasteiger partial charge < -0.3 is 10.4 Å². The van der Waals surface area contributed by atoms with E-state index in [0.29, 0.717) is 17.1 Å². The zero-order valence-corrected chi connectivity index (χ0v) is 11.8. The second-order valence-corrected chi connectivity index (χ2v) is 4.79. The van der Waals surface area contributed by atoms with Crippen LogP contribution in [0.3, 0.4) is 0 Å². The van der Waals surface area contributed by atoms with E-state index in [-0.39, 0.29) is 12.3 Å². The molecule has 21 heavy (non-hydrogen) atoms. The number of hydrogen-bond acceptors (Lipinski definition) is 3. The molecule has 2 N–H and O–H groups in total. The first-order valence-electron chi connectivity index (χ1n) is 6.32. The smallest absolute Gasteiger partial charge is 0.330 e. The molecule has 0 aliphatic heterocycles. The van der Waals surface area contributed by atoms with Crippen molar-refractivity contribution in [2.75, 3.05) is 0 Å². The number of carboxylic acids is 1. The van der Waals surface area contributed by atoms with Gasteiger partial charge in [0.2, 0.25) is 5.91 Å². The summed E-state index contributed by atoms with van der Waals surface area (Å²) in [6.45, 7) is 0.383. The Kier molecular flexibility index (Phi) is 4.94. The Labute approximate surface area is 126 Å². The average Bonchev–Trinajstić information content (AvgIpc) is 2.96. The number of amides is 1. The van der Waals surface area contributed by atoms with Crippen molar-refractivity contribution in [2.24, 2.45) is 0 Å². The number of halogens is 1. The Morgan fingerprint density at radius 3 is 2.71 bits per heavy atom. The molecule has 0 aliphatic rings. The monoisotopic (exact) mass is 307 g/mol. The molecule has 0 unspecified atom stereocenters. The van der Waals surface area contributed by atoms with Gasteiger partial charge in [0.05, 0.1) is 0 Å². The normalized spacial score (nSPS) is 11.9. The number of rotatable bonds is 6. The first-order valence-corrected chi connectivity index (χ1v) is 6.70. The van der Waals surface area contributed by atoms with Gasteiger partial charge in [-0.05, 0) is 12.1 Å². The third-order valence-electron chi connectivity index (χ3n) is 2.90. The fourth-order valence-corrected chi connectivity index (χ4v) is 2.11. The second kappa shape index (κ2) is 6.90. The highest BCUT2D eigenvalue weighted by atomic mass is 35.5. The highest BCUT2D eigenvalue weighted by Gasteiger charge is 2.23. The molecule has 0 spiro atoms. The summed E-state index contributed by atoms with van der Waals surface area (Å²) in [7, 11) is 0. The highest BCUT2D eigenvalue weighted by molar-refractivity contribution is 6.31. The Balaban J connectivity index is 2.01. The lowest BCUT2D eigenvalue weighted by molar-refractivity contribution is -0.142. The predicted molar refractivity (Wildman–Crippen MR) is 76.8 cm³/mol. The number of aromatic nitrogens is 2. The number of hydrogen-bond donors (Lipinski definition) is 2. The molecular formula is C14H14ClN3O3. The van der Waals surface area contributed by atoms with Crippen LogP contribution in [0.2, 0.25) is 5.02 Å². The molecule has 1 atom stereocenters. The standard InChI is InChI=1S/C14H14ClN3O3/c15-11-5-2-1-4-10(11)13(14(20)21)17-12(19)6-9-18-8-3-7-16-18/h1-5,7-8,13H,6,9H2,(H,17,19)(H,20,21)/t13-/m1/s1. The first-order chi connectivity index (χ1) is 10.1. The predicted octanol–water partition coefficient (Wildman–Crippen LogP) is 1.87. The summed E-state index contributed by atoms with van der Waals surface area (Å²) >= 11 is 5.98. The third kappa shape index (κ3) is 4.06. The molecule has 7 heteroatoms. The second-order valence-electron chi connectivity index (χ2n) is 4.38. The Morgan fingerprint density at radius 2 is 2.10 bits per heavy atom. The highest BCUT2D eigenvalue weighted by Crippen LogP contribution is 2.22. The topological polar surface area (TPSA) is 84.2 Å². The van der Waals surface area contributed by atoms with E-state index in [1.165, 1.54) is 0 Å². The van der Waals surface area contributed by atoms with Gasteiger partial charge in [-0.1, -0.05) is 29.8 Å². The van der Waals surface area contributed by atoms with Crippen molar-refractivity contribution in [3.05, 3.63) is 53.3 Å². The molecule has 2 rings (SSSR count). The van der Waals surface area contributed by atoms with E-state index in [1.807, 2.05) is 0 Å². The van der Waals surface area contributed by atoms with E-state index in [1.54, 1.807) is 47.4 Å². The Morgan fingerprint density at radius 1 is 1.33 bits per heavy atom. The summed E-state index contributed by atoms with van der Waals surface area (Å²) in [6.07, 6.45) is 3.48. The van der Waals surface area contributed by atoms with Gasteiger partial charge in [0, 0.05) is 35.9 Å². The van der Waals surface area contributed by atoms with E-state index in [2.05, 4.69) is 10.4 Å². The third-order valence-corrected chi connectivity index (χ3v) is 3.24. The summed E-state index contributed by atoms with van der Waals surface area (Å²) in [5, 5.41) is 16.0. The average molecular weight is 308 g/mol. The summed E-state index contributed by atoms with van der Waals surface area (Å²) in [5.41, 5.74) is 0.360. The van der Waals surface area contributed by atoms with Crippen molar-refractivity contribution < 1.29 is 14.7 Å². The van der Waals surface area contributed by atoms with Crippen molar-refractivity contribution >= 4 is 23.5 Å². The van der Waals surface area contributed by atoms with Gasteiger partial charge in [0.1, 0.15) is 0 Å². The van der Waals surface area contributed by atoms with Crippen LogP contribution in [0.4, 0.5) is 0 Å². The number of carbonyl (C=O) groups excluding carboxylic acids is 1. The lowest BCUT2D eigenvalue weighted by atomic mass is 10.1. The minimum atomic E-state index is -1.16. The van der Waals surface area contributed by atoms with Gasteiger partial charge >= 0.3 is 5.97 Å². The van der Waals surface area contributed by atoms with Crippen LogP contribution >= 0.6 is 11.6 Å². The SMILES string of the molecule is O=C(CCn1cccn1)N[C@@H](C(=O)O)c1ccccc1Cl. The van der Waals surface area contributed by atoms with Crippen LogP contribution in [0.1, 0.15) is 18.0 Å². The van der Waals surface area contributed by atoms with E-state index < -0.39 is 12.0 Å². The van der Waals surface area contributed by atoms with Gasteiger partial charge in [-0.3, -0.25) is 9.48 Å². The van der Waals surface area contributed by atoms with Crippen molar-refractivity contribution in [2.45, 2.75) is 19.0 Å². The Hall–Kier alpha value is -2.34. The molecule has 1 heterocycles. The van der Waals surface area contributed by atoms with Crippen LogP contribution in [0.25, 0.3) is 0 Å². The van der Waals surface area contributed by atoms with Crippen LogP contribution < -0.4 is 5.32 Å². The number of aliphatic carboxylic acids is 1. The fraction of sp³-hybridized carbons (Fsp3) is 0.214. The first kappa shape index (κ1) is 15.1. The summed E-state index contributed by atoms with van der Waals surface area (Å²) in [4.78, 5) is 23.2. The molecule has 6 nitrogen and oxygen atoms in total. The van der Waals surface area contributed by atoms with Gasteiger partial charge in [0.15, 0.2) is 6.04 Å². The van der Waals surface area contributed by atoms with Gasteiger partial charge in [-0.25, -0.2) is 4.79 Å². The lowest BCUT2D eigenvalue weighted by Gasteiger charge is -2.16. The summed E-state index contributed by atoms with van der Waals surface area (Å²) in [6, 6.07) is 7.13. The number of carboxylic acid groups (broad SMARTS) is 1. The van der Waals surface area contributed by atoms with Crippen molar-refractivity contribution in [3.63, 3.8) is 0 Å². The molecular weight excluding hydrogens is 294 g/mol. The van der Waals surface area contributed by atoms with E-state index in [4.69, 9.17) is 11.6 Å². The summed E-state index contributed by atoms with van der Waals surface area (Å²) < 4.78 is 1.60. The number of nitrogens with one attached hydrogen (secondary N) is 1. The van der Waals surface area contributed by atoms with Crippen LogP contribution in [-0.4, -0.2) is 26.8 Å². The number of carbonyl (C=O) groups is 2. The summed E-state index contributed by atoms with van der Waals surface area (Å²) in [5.74, 6) is -1.53. The van der Waals surface area contributed by atoms with E-state index >= 15 is 0 Å². The van der Waals surface area contributed by atoms with Crippen LogP contribution in [0, 0.1) is 0 Å². The molecule has 0 radical (unpaired) electrons. The maximum Gasteiger partial charge on any atom is 0.330 e. The largest absolute Gasteiger partial charge is 0.479 e. The molecule has 0 saturated carbocycles. The minimum Gasteiger partial charge on any atom is -0.479 e. The van der Waals surface area contributed by atoms with Crippen molar-refractivity contribution in [1.29, 1.82) is 0 Å². The molecule has 0 saturated heterocycles. The number of nitrogens with zero attached hydrogens (tertiary/aromatic N) is 2. The molecule has 110 valence electrons. The maximum absolute atomic E-state index is 11.9. The van der Waals surface area contributed by atoms with E-state index in [0.717, 1.165) is 0 Å².